The highest BCUT2D eigenvalue weighted by Crippen LogP contribution is 2.34. The van der Waals surface area contributed by atoms with E-state index in [2.05, 4.69) is 25.8 Å². The predicted octanol–water partition coefficient (Wildman–Crippen LogP) is 2.24. The van der Waals surface area contributed by atoms with Crippen LogP contribution < -0.4 is 4.90 Å². The number of anilines is 1. The van der Waals surface area contributed by atoms with Gasteiger partial charge in [-0.25, -0.2) is 4.98 Å². The minimum absolute atomic E-state index is 0.00440. The zero-order chi connectivity index (χ0) is 23.1. The number of piperazine rings is 1. The van der Waals surface area contributed by atoms with E-state index in [1.54, 1.807) is 15.8 Å². The van der Waals surface area contributed by atoms with Crippen LogP contribution in [-0.4, -0.2) is 88.8 Å². The molecule has 0 bridgehead atoms. The predicted molar refractivity (Wildman–Crippen MR) is 129 cm³/mol. The van der Waals surface area contributed by atoms with Crippen LogP contribution in [0, 0.1) is 0 Å². The highest BCUT2D eigenvalue weighted by molar-refractivity contribution is 9.10. The summed E-state index contributed by atoms with van der Waals surface area (Å²) in [5, 5.41) is 1.79. The summed E-state index contributed by atoms with van der Waals surface area (Å²) in [6.45, 7) is 5.83. The van der Waals surface area contributed by atoms with Crippen molar-refractivity contribution in [1.82, 2.24) is 19.7 Å². The van der Waals surface area contributed by atoms with E-state index in [0.29, 0.717) is 44.3 Å². The Kier molecular flexibility index (Phi) is 6.24. The van der Waals surface area contributed by atoms with Gasteiger partial charge in [0.25, 0.3) is 5.91 Å². The number of benzene rings is 1. The fourth-order valence-electron chi connectivity index (χ4n) is 5.05. The summed E-state index contributed by atoms with van der Waals surface area (Å²) in [4.78, 5) is 50.2. The molecule has 0 radical (unpaired) electrons. The van der Waals surface area contributed by atoms with E-state index >= 15 is 0 Å². The van der Waals surface area contributed by atoms with E-state index < -0.39 is 6.04 Å². The molecule has 1 aromatic carbocycles. The first-order chi connectivity index (χ1) is 15.9. The van der Waals surface area contributed by atoms with Gasteiger partial charge in [0, 0.05) is 67.8 Å². The van der Waals surface area contributed by atoms with Crippen LogP contribution in [-0.2, 0) is 16.0 Å². The Bertz CT molecular complexity index is 1060. The number of nitrogens with zero attached hydrogens (tertiary/aromatic N) is 5. The fraction of sp³-hybridized carbons (Fsp3) is 0.478. The number of rotatable bonds is 3. The Morgan fingerprint density at radius 1 is 1.09 bits per heavy atom. The number of hydrogen-bond acceptors (Lipinski definition) is 6. The monoisotopic (exact) mass is 531 g/mol. The minimum Gasteiger partial charge on any atom is -0.338 e. The van der Waals surface area contributed by atoms with E-state index in [-0.39, 0.29) is 17.7 Å². The number of fused-ring (bicyclic) bond motifs is 1. The maximum Gasteiger partial charge on any atom is 0.273 e. The van der Waals surface area contributed by atoms with Gasteiger partial charge in [0.2, 0.25) is 11.8 Å². The molecule has 0 saturated carbocycles. The molecule has 0 aliphatic carbocycles. The van der Waals surface area contributed by atoms with Crippen LogP contribution in [0.3, 0.4) is 0 Å². The standard InChI is InChI=1S/C23H26BrN5O3S/c1-15(30)29-20-5-3-17(24)10-16(20)2-4-21(29)23(32)28-11-18(12-28)26-6-8-27(9-7-26)22(31)19-13-33-14-25-19/h3,5,10,13-14,18,21H,2,4,6-9,11-12H2,1H3. The molecular weight excluding hydrogens is 506 g/mol. The highest BCUT2D eigenvalue weighted by Gasteiger charge is 2.42. The molecular formula is C23H26BrN5O3S. The Morgan fingerprint density at radius 3 is 2.52 bits per heavy atom. The molecule has 2 saturated heterocycles. The molecule has 1 atom stereocenters. The number of hydrogen-bond donors (Lipinski definition) is 0. The number of thiazole rings is 1. The number of carbonyl (C=O) groups excluding carboxylic acids is 3. The van der Waals surface area contributed by atoms with Gasteiger partial charge in [0.1, 0.15) is 11.7 Å². The molecule has 2 fully saturated rings. The molecule has 33 heavy (non-hydrogen) atoms. The molecule has 3 aliphatic rings. The Morgan fingerprint density at radius 2 is 1.85 bits per heavy atom. The van der Waals surface area contributed by atoms with Gasteiger partial charge in [-0.05, 0) is 36.6 Å². The molecule has 8 nitrogen and oxygen atoms in total. The van der Waals surface area contributed by atoms with Gasteiger partial charge in [0.15, 0.2) is 0 Å². The lowest BCUT2D eigenvalue weighted by molar-refractivity contribution is -0.142. The first kappa shape index (κ1) is 22.5. The van der Waals surface area contributed by atoms with Crippen LogP contribution >= 0.6 is 27.3 Å². The minimum atomic E-state index is -0.440. The third kappa shape index (κ3) is 4.31. The second kappa shape index (κ2) is 9.15. The molecule has 0 spiro atoms. The number of halogens is 1. The van der Waals surface area contributed by atoms with Crippen molar-refractivity contribution in [1.29, 1.82) is 0 Å². The van der Waals surface area contributed by atoms with Crippen molar-refractivity contribution < 1.29 is 14.4 Å². The average Bonchev–Trinajstić information content (AvgIpc) is 3.32. The SMILES string of the molecule is CC(=O)N1c2ccc(Br)cc2CCC1C(=O)N1CC(N2CCN(C(=O)c3cscn3)CC2)C1. The van der Waals surface area contributed by atoms with Gasteiger partial charge < -0.3 is 9.80 Å². The van der Waals surface area contributed by atoms with E-state index in [0.717, 1.165) is 35.2 Å². The quantitative estimate of drug-likeness (QED) is 0.606. The zero-order valence-corrected chi connectivity index (χ0v) is 20.8. The van der Waals surface area contributed by atoms with Crippen molar-refractivity contribution in [3.05, 3.63) is 44.8 Å². The molecule has 1 unspecified atom stereocenters. The number of amides is 3. The van der Waals surface area contributed by atoms with Gasteiger partial charge in [0.05, 0.1) is 5.51 Å². The van der Waals surface area contributed by atoms with Crippen molar-refractivity contribution in [2.75, 3.05) is 44.2 Å². The summed E-state index contributed by atoms with van der Waals surface area (Å²) in [7, 11) is 0. The maximum atomic E-state index is 13.3. The van der Waals surface area contributed by atoms with Crippen LogP contribution in [0.15, 0.2) is 33.6 Å². The van der Waals surface area contributed by atoms with E-state index in [9.17, 15) is 14.4 Å². The molecule has 4 heterocycles. The molecule has 5 rings (SSSR count). The molecule has 2 aromatic rings. The van der Waals surface area contributed by atoms with Crippen LogP contribution in [0.1, 0.15) is 29.4 Å². The second-order valence-corrected chi connectivity index (χ2v) is 10.4. The molecule has 1 aromatic heterocycles. The van der Waals surface area contributed by atoms with E-state index in [1.165, 1.54) is 18.3 Å². The van der Waals surface area contributed by atoms with Gasteiger partial charge in [-0.1, -0.05) is 15.9 Å². The first-order valence-corrected chi connectivity index (χ1v) is 12.9. The summed E-state index contributed by atoms with van der Waals surface area (Å²) in [5.74, 6) is -0.0720. The van der Waals surface area contributed by atoms with Crippen molar-refractivity contribution in [2.24, 2.45) is 0 Å². The summed E-state index contributed by atoms with van der Waals surface area (Å²) in [6, 6.07) is 5.74. The zero-order valence-electron chi connectivity index (χ0n) is 18.4. The van der Waals surface area contributed by atoms with Gasteiger partial charge in [-0.3, -0.25) is 24.2 Å². The van der Waals surface area contributed by atoms with Crippen molar-refractivity contribution in [3.63, 3.8) is 0 Å². The Hall–Kier alpha value is -2.30. The number of likely N-dealkylation sites (tertiary alicyclic amines) is 1. The molecule has 0 N–H and O–H groups in total. The van der Waals surface area contributed by atoms with Crippen LogP contribution in [0.5, 0.6) is 0 Å². The van der Waals surface area contributed by atoms with Gasteiger partial charge >= 0.3 is 0 Å². The fourth-order valence-corrected chi connectivity index (χ4v) is 5.98. The third-order valence-corrected chi connectivity index (χ3v) is 7.95. The van der Waals surface area contributed by atoms with Crippen LogP contribution in [0.2, 0.25) is 0 Å². The summed E-state index contributed by atoms with van der Waals surface area (Å²) >= 11 is 4.92. The molecule has 3 aliphatic heterocycles. The Balaban J connectivity index is 1.17. The summed E-state index contributed by atoms with van der Waals surface area (Å²) in [6.07, 6.45) is 1.42. The lowest BCUT2D eigenvalue weighted by atomic mass is 9.93. The maximum absolute atomic E-state index is 13.3. The topological polar surface area (TPSA) is 77.1 Å². The van der Waals surface area contributed by atoms with Gasteiger partial charge in [-0.2, -0.15) is 0 Å². The lowest BCUT2D eigenvalue weighted by Gasteiger charge is -2.49. The molecule has 3 amide bonds. The second-order valence-electron chi connectivity index (χ2n) is 8.82. The lowest BCUT2D eigenvalue weighted by Crippen LogP contribution is -2.67. The van der Waals surface area contributed by atoms with E-state index in [4.69, 9.17) is 0 Å². The Labute approximate surface area is 205 Å². The summed E-state index contributed by atoms with van der Waals surface area (Å²) in [5.41, 5.74) is 4.13. The van der Waals surface area contributed by atoms with Crippen LogP contribution in [0.4, 0.5) is 5.69 Å². The average molecular weight is 532 g/mol. The number of aromatic nitrogens is 1. The molecule has 174 valence electrons. The largest absolute Gasteiger partial charge is 0.338 e. The van der Waals surface area contributed by atoms with Gasteiger partial charge in [-0.15, -0.1) is 11.3 Å². The highest BCUT2D eigenvalue weighted by atomic mass is 79.9. The third-order valence-electron chi connectivity index (χ3n) is 6.87. The number of aryl methyl sites for hydroxylation is 1. The van der Waals surface area contributed by atoms with Crippen molar-refractivity contribution in [2.45, 2.75) is 31.8 Å². The first-order valence-electron chi connectivity index (χ1n) is 11.2. The normalized spacial score (nSPS) is 21.5. The van der Waals surface area contributed by atoms with Crippen molar-refractivity contribution >= 4 is 50.7 Å². The van der Waals surface area contributed by atoms with Crippen LogP contribution in [0.25, 0.3) is 0 Å². The summed E-state index contributed by atoms with van der Waals surface area (Å²) < 4.78 is 0.980. The number of carbonyl (C=O) groups is 3. The smallest absolute Gasteiger partial charge is 0.273 e. The molecule has 10 heteroatoms. The van der Waals surface area contributed by atoms with Crippen molar-refractivity contribution in [3.8, 4) is 0 Å². The van der Waals surface area contributed by atoms with E-state index in [1.807, 2.05) is 28.0 Å².